The third-order valence-corrected chi connectivity index (χ3v) is 7.87. The highest BCUT2D eigenvalue weighted by Crippen LogP contribution is 2.29. The second-order valence-electron chi connectivity index (χ2n) is 8.51. The van der Waals surface area contributed by atoms with Crippen LogP contribution in [0.2, 0.25) is 13.1 Å². The Labute approximate surface area is 161 Å². The quantitative estimate of drug-likeness (QED) is 0.527. The van der Waals surface area contributed by atoms with Gasteiger partial charge in [-0.3, -0.25) is 5.10 Å². The maximum absolute atomic E-state index is 15.4. The minimum absolute atomic E-state index is 0.0221. The van der Waals surface area contributed by atoms with Crippen LogP contribution in [0.25, 0.3) is 22.4 Å². The molecule has 3 aromatic heterocycles. The number of aromatic amines is 1. The van der Waals surface area contributed by atoms with Crippen molar-refractivity contribution in [3.8, 4) is 11.4 Å². The standard InChI is InChI=1S/C19H21F3N4OSi/c1-19(2,3)9-11(27)28(4,5)16-12(20)15(24-17(22)13(16)21)14-10-7-6-8-23-18(10)26-25-14/h6-8H,9H2,1-5H3,(H,23,25,26). The zero-order valence-electron chi connectivity index (χ0n) is 16.3. The van der Waals surface area contributed by atoms with E-state index in [0.717, 1.165) is 0 Å². The summed E-state index contributed by atoms with van der Waals surface area (Å²) in [7, 11) is -3.35. The summed E-state index contributed by atoms with van der Waals surface area (Å²) in [6.45, 7) is 8.64. The monoisotopic (exact) mass is 406 g/mol. The maximum Gasteiger partial charge on any atom is 0.249 e. The molecule has 9 heteroatoms. The van der Waals surface area contributed by atoms with E-state index >= 15 is 4.39 Å². The van der Waals surface area contributed by atoms with E-state index in [1.165, 1.54) is 19.3 Å². The van der Waals surface area contributed by atoms with Gasteiger partial charge in [0.15, 0.2) is 25.4 Å². The van der Waals surface area contributed by atoms with Crippen molar-refractivity contribution in [3.05, 3.63) is 35.9 Å². The molecular formula is C19H21F3N4OSi. The fraction of sp³-hybridized carbons (Fsp3) is 0.368. The van der Waals surface area contributed by atoms with Crippen LogP contribution < -0.4 is 5.19 Å². The van der Waals surface area contributed by atoms with Crippen molar-refractivity contribution >= 4 is 29.7 Å². The van der Waals surface area contributed by atoms with Crippen LogP contribution in [0.4, 0.5) is 13.2 Å². The van der Waals surface area contributed by atoms with Gasteiger partial charge in [0.25, 0.3) is 0 Å². The first-order chi connectivity index (χ1) is 12.9. The van der Waals surface area contributed by atoms with Crippen molar-refractivity contribution in [2.45, 2.75) is 40.3 Å². The van der Waals surface area contributed by atoms with Crippen LogP contribution in [0.1, 0.15) is 27.2 Å². The number of rotatable bonds is 4. The summed E-state index contributed by atoms with van der Waals surface area (Å²) in [6, 6.07) is 3.24. The van der Waals surface area contributed by atoms with Gasteiger partial charge in [0.2, 0.25) is 5.95 Å². The fourth-order valence-corrected chi connectivity index (χ4v) is 5.67. The van der Waals surface area contributed by atoms with Crippen LogP contribution in [0.15, 0.2) is 18.3 Å². The van der Waals surface area contributed by atoms with Crippen LogP contribution in [0, 0.1) is 23.0 Å². The number of hydrogen-bond acceptors (Lipinski definition) is 4. The number of fused-ring (bicyclic) bond motifs is 1. The Morgan fingerprint density at radius 2 is 1.82 bits per heavy atom. The van der Waals surface area contributed by atoms with Crippen molar-refractivity contribution in [3.63, 3.8) is 0 Å². The van der Waals surface area contributed by atoms with E-state index in [1.54, 1.807) is 12.1 Å². The van der Waals surface area contributed by atoms with Gasteiger partial charge in [-0.2, -0.15) is 9.49 Å². The molecule has 3 heterocycles. The predicted octanol–water partition coefficient (Wildman–Crippen LogP) is 3.90. The van der Waals surface area contributed by atoms with E-state index in [1.807, 2.05) is 20.8 Å². The van der Waals surface area contributed by atoms with Gasteiger partial charge in [-0.05, 0) is 17.5 Å². The first-order valence-electron chi connectivity index (χ1n) is 8.81. The Bertz CT molecular complexity index is 1070. The molecule has 0 saturated heterocycles. The van der Waals surface area contributed by atoms with Gasteiger partial charge in [0.1, 0.15) is 16.8 Å². The number of carbonyl (C=O) groups is 1. The molecule has 0 saturated carbocycles. The van der Waals surface area contributed by atoms with Gasteiger partial charge in [-0.25, -0.2) is 18.7 Å². The molecule has 0 aliphatic carbocycles. The molecule has 5 nitrogen and oxygen atoms in total. The molecule has 0 unspecified atom stereocenters. The Morgan fingerprint density at radius 3 is 2.46 bits per heavy atom. The number of halogens is 3. The molecule has 0 atom stereocenters. The molecule has 0 amide bonds. The fourth-order valence-electron chi connectivity index (χ4n) is 3.10. The van der Waals surface area contributed by atoms with Gasteiger partial charge in [-0.15, -0.1) is 0 Å². The highest BCUT2D eigenvalue weighted by Gasteiger charge is 2.42. The third-order valence-electron chi connectivity index (χ3n) is 4.61. The molecule has 1 N–H and O–H groups in total. The van der Waals surface area contributed by atoms with Crippen LogP contribution in [0.3, 0.4) is 0 Å². The van der Waals surface area contributed by atoms with Gasteiger partial charge >= 0.3 is 0 Å². The van der Waals surface area contributed by atoms with E-state index in [-0.39, 0.29) is 22.9 Å². The smallest absolute Gasteiger partial charge is 0.249 e. The average molecular weight is 406 g/mol. The van der Waals surface area contributed by atoms with Crippen molar-refractivity contribution in [1.29, 1.82) is 0 Å². The van der Waals surface area contributed by atoms with Crippen molar-refractivity contribution < 1.29 is 18.0 Å². The Morgan fingerprint density at radius 1 is 1.14 bits per heavy atom. The lowest BCUT2D eigenvalue weighted by Crippen LogP contribution is -2.54. The zero-order valence-corrected chi connectivity index (χ0v) is 17.3. The molecule has 0 spiro atoms. The van der Waals surface area contributed by atoms with E-state index in [4.69, 9.17) is 0 Å². The zero-order chi connectivity index (χ0) is 20.9. The molecule has 3 aromatic rings. The summed E-state index contributed by atoms with van der Waals surface area (Å²) in [5.74, 6) is -3.90. The average Bonchev–Trinajstić information content (AvgIpc) is 3.00. The van der Waals surface area contributed by atoms with Crippen LogP contribution in [-0.4, -0.2) is 33.6 Å². The number of aromatic nitrogens is 4. The highest BCUT2D eigenvalue weighted by atomic mass is 28.3. The summed E-state index contributed by atoms with van der Waals surface area (Å²) >= 11 is 0. The minimum atomic E-state index is -3.35. The van der Waals surface area contributed by atoms with Crippen molar-refractivity contribution in [2.75, 3.05) is 0 Å². The summed E-state index contributed by atoms with van der Waals surface area (Å²) in [4.78, 5) is 20.4. The summed E-state index contributed by atoms with van der Waals surface area (Å²) in [5, 5.41) is 6.25. The lowest BCUT2D eigenvalue weighted by molar-refractivity contribution is -0.114. The summed E-state index contributed by atoms with van der Waals surface area (Å²) in [6.07, 6.45) is 1.66. The van der Waals surface area contributed by atoms with Crippen molar-refractivity contribution in [1.82, 2.24) is 20.2 Å². The largest absolute Gasteiger partial charge is 0.305 e. The topological polar surface area (TPSA) is 71.5 Å². The number of hydrogen-bond donors (Lipinski definition) is 1. The van der Waals surface area contributed by atoms with Gasteiger partial charge in [0, 0.05) is 23.2 Å². The number of nitrogens with one attached hydrogen (secondary N) is 1. The van der Waals surface area contributed by atoms with E-state index in [0.29, 0.717) is 11.0 Å². The van der Waals surface area contributed by atoms with Crippen LogP contribution in [0.5, 0.6) is 0 Å². The number of pyridine rings is 2. The Kier molecular flexibility index (Phi) is 4.91. The summed E-state index contributed by atoms with van der Waals surface area (Å²) < 4.78 is 44.4. The summed E-state index contributed by atoms with van der Waals surface area (Å²) in [5.41, 5.74) is -0.399. The second-order valence-corrected chi connectivity index (χ2v) is 12.8. The number of nitrogens with zero attached hydrogens (tertiary/aromatic N) is 3. The first-order valence-corrected chi connectivity index (χ1v) is 11.8. The minimum Gasteiger partial charge on any atom is -0.305 e. The number of carbonyl (C=O) groups excluding carboxylic acids is 1. The van der Waals surface area contributed by atoms with Gasteiger partial charge in [0.05, 0.1) is 0 Å². The molecular weight excluding hydrogens is 385 g/mol. The van der Waals surface area contributed by atoms with E-state index < -0.39 is 36.5 Å². The predicted molar refractivity (Wildman–Crippen MR) is 103 cm³/mol. The molecule has 0 aliphatic rings. The third kappa shape index (κ3) is 3.46. The Balaban J connectivity index is 2.22. The van der Waals surface area contributed by atoms with Crippen LogP contribution >= 0.6 is 0 Å². The molecule has 0 aliphatic heterocycles. The Hall–Kier alpha value is -2.55. The number of H-pyrrole nitrogens is 1. The highest BCUT2D eigenvalue weighted by molar-refractivity contribution is 7.13. The van der Waals surface area contributed by atoms with Crippen LogP contribution in [-0.2, 0) is 4.79 Å². The molecule has 3 rings (SSSR count). The first kappa shape index (κ1) is 20.2. The molecule has 0 aromatic carbocycles. The second kappa shape index (κ2) is 6.80. The van der Waals surface area contributed by atoms with Crippen molar-refractivity contribution in [2.24, 2.45) is 5.41 Å². The normalized spacial score (nSPS) is 12.6. The molecule has 148 valence electrons. The lowest BCUT2D eigenvalue weighted by atomic mass is 9.93. The molecule has 0 fully saturated rings. The van der Waals surface area contributed by atoms with Gasteiger partial charge in [-0.1, -0.05) is 33.9 Å². The lowest BCUT2D eigenvalue weighted by Gasteiger charge is -2.27. The molecule has 0 bridgehead atoms. The maximum atomic E-state index is 15.4. The molecule has 28 heavy (non-hydrogen) atoms. The van der Waals surface area contributed by atoms with Gasteiger partial charge < -0.3 is 4.79 Å². The van der Waals surface area contributed by atoms with E-state index in [2.05, 4.69) is 20.2 Å². The van der Waals surface area contributed by atoms with E-state index in [9.17, 15) is 13.6 Å². The SMILES string of the molecule is CC(C)(C)CC(=O)[Si](C)(C)c1c(F)c(F)nc(-c2n[nH]c3ncccc23)c1F. The molecule has 0 radical (unpaired) electrons.